The van der Waals surface area contributed by atoms with Crippen molar-refractivity contribution < 1.29 is 9.66 Å². The predicted molar refractivity (Wildman–Crippen MR) is 101 cm³/mol. The van der Waals surface area contributed by atoms with Crippen LogP contribution < -0.4 is 10.2 Å². The van der Waals surface area contributed by atoms with Crippen LogP contribution in [0, 0.1) is 10.1 Å². The first-order valence-electron chi connectivity index (χ1n) is 7.96. The first-order valence-corrected chi connectivity index (χ1v) is 8.84. The van der Waals surface area contributed by atoms with Gasteiger partial charge in [0.1, 0.15) is 0 Å². The molecule has 1 aromatic heterocycles. The number of hydrogen-bond acceptors (Lipinski definition) is 7. The van der Waals surface area contributed by atoms with E-state index in [4.69, 9.17) is 4.74 Å². The molecule has 7 nitrogen and oxygen atoms in total. The van der Waals surface area contributed by atoms with Crippen LogP contribution in [0.5, 0.6) is 5.75 Å². The average Bonchev–Trinajstić information content (AvgIpc) is 3.15. The molecule has 0 radical (unpaired) electrons. The van der Waals surface area contributed by atoms with Crippen LogP contribution in [0.15, 0.2) is 59.0 Å². The van der Waals surface area contributed by atoms with E-state index in [-0.39, 0.29) is 11.4 Å². The Morgan fingerprint density at radius 2 is 2.04 bits per heavy atom. The Morgan fingerprint density at radius 3 is 2.85 bits per heavy atom. The zero-order chi connectivity index (χ0) is 17.9. The number of thiazole rings is 1. The number of para-hydroxylation sites is 1. The van der Waals surface area contributed by atoms with Crippen LogP contribution in [0.4, 0.5) is 10.8 Å². The van der Waals surface area contributed by atoms with Crippen LogP contribution in [-0.4, -0.2) is 22.2 Å². The Hall–Kier alpha value is -3.26. The third-order valence-corrected chi connectivity index (χ3v) is 4.69. The van der Waals surface area contributed by atoms with Gasteiger partial charge in [-0.1, -0.05) is 36.4 Å². The molecule has 1 N–H and O–H groups in total. The van der Waals surface area contributed by atoms with Crippen molar-refractivity contribution in [2.75, 3.05) is 12.0 Å². The molecule has 2 aromatic carbocycles. The number of nitrogens with zero attached hydrogens (tertiary/aromatic N) is 3. The van der Waals surface area contributed by atoms with Crippen molar-refractivity contribution in [3.63, 3.8) is 0 Å². The molecule has 4 rings (SSSR count). The molecule has 0 saturated carbocycles. The number of benzene rings is 2. The molecule has 0 atom stereocenters. The van der Waals surface area contributed by atoms with Gasteiger partial charge in [-0.25, -0.2) is 4.98 Å². The van der Waals surface area contributed by atoms with Gasteiger partial charge in [0.25, 0.3) is 0 Å². The number of hydrogen-bond donors (Lipinski definition) is 1. The molecule has 0 amide bonds. The highest BCUT2D eigenvalue weighted by Gasteiger charge is 2.25. The zero-order valence-corrected chi connectivity index (χ0v) is 14.4. The van der Waals surface area contributed by atoms with E-state index in [9.17, 15) is 10.1 Å². The number of nitro benzene ring substituents is 1. The van der Waals surface area contributed by atoms with Gasteiger partial charge >= 0.3 is 5.69 Å². The fourth-order valence-corrected chi connectivity index (χ4v) is 3.39. The van der Waals surface area contributed by atoms with Gasteiger partial charge in [-0.3, -0.25) is 15.5 Å². The summed E-state index contributed by atoms with van der Waals surface area (Å²) in [5, 5.41) is 18.2. The normalized spacial score (nSPS) is 14.5. The minimum absolute atomic E-state index is 0.0458. The highest BCUT2D eigenvalue weighted by atomic mass is 32.1. The lowest BCUT2D eigenvalue weighted by Crippen LogP contribution is -2.18. The van der Waals surface area contributed by atoms with E-state index in [1.165, 1.54) is 17.4 Å². The third-order valence-electron chi connectivity index (χ3n) is 3.95. The van der Waals surface area contributed by atoms with Crippen LogP contribution in [0.1, 0.15) is 12.0 Å². The molecule has 1 aliphatic rings. The molecule has 0 spiro atoms. The largest absolute Gasteiger partial charge is 0.486 e. The Balaban J connectivity index is 1.59. The Morgan fingerprint density at radius 1 is 1.19 bits per heavy atom. The van der Waals surface area contributed by atoms with Crippen LogP contribution in [0.25, 0.3) is 11.3 Å². The van der Waals surface area contributed by atoms with Crippen molar-refractivity contribution in [2.45, 2.75) is 6.42 Å². The van der Waals surface area contributed by atoms with E-state index in [0.717, 1.165) is 11.3 Å². The van der Waals surface area contributed by atoms with Crippen molar-refractivity contribution >= 4 is 27.9 Å². The minimum atomic E-state index is -0.442. The average molecular weight is 366 g/mol. The van der Waals surface area contributed by atoms with Gasteiger partial charge < -0.3 is 4.74 Å². The fourth-order valence-electron chi connectivity index (χ4n) is 2.73. The monoisotopic (exact) mass is 366 g/mol. The molecule has 0 aliphatic carbocycles. The maximum Gasteiger partial charge on any atom is 0.311 e. The predicted octanol–water partition coefficient (Wildman–Crippen LogP) is 4.32. The molecule has 0 fully saturated rings. The van der Waals surface area contributed by atoms with Gasteiger partial charge in [0, 0.05) is 29.0 Å². The maximum absolute atomic E-state index is 11.2. The Labute approximate surface area is 153 Å². The van der Waals surface area contributed by atoms with Crippen molar-refractivity contribution in [3.8, 4) is 17.0 Å². The minimum Gasteiger partial charge on any atom is -0.486 e. The summed E-state index contributed by atoms with van der Waals surface area (Å²) >= 11 is 1.45. The van der Waals surface area contributed by atoms with Crippen molar-refractivity contribution in [2.24, 2.45) is 5.10 Å². The quantitative estimate of drug-likeness (QED) is 0.549. The van der Waals surface area contributed by atoms with Crippen LogP contribution in [0.2, 0.25) is 0 Å². The van der Waals surface area contributed by atoms with E-state index in [2.05, 4.69) is 15.5 Å². The second-order valence-corrected chi connectivity index (χ2v) is 6.44. The first-order chi connectivity index (χ1) is 12.7. The standard InChI is InChI=1S/C18H14N4O3S/c23-22(24)16-8-4-7-13-14(9-10-25-17(13)16)20-21-18-19-15(11-26-18)12-5-2-1-3-6-12/h1-8,11H,9-10H2,(H,19,21)/b20-14-. The molecule has 2 heterocycles. The van der Waals surface area contributed by atoms with Gasteiger partial charge in [-0.2, -0.15) is 5.10 Å². The highest BCUT2D eigenvalue weighted by molar-refractivity contribution is 7.14. The maximum atomic E-state index is 11.2. The molecule has 130 valence electrons. The van der Waals surface area contributed by atoms with E-state index < -0.39 is 4.92 Å². The number of nitro groups is 1. The van der Waals surface area contributed by atoms with Crippen LogP contribution in [0.3, 0.4) is 0 Å². The summed E-state index contributed by atoms with van der Waals surface area (Å²) in [6.45, 7) is 0.353. The Kier molecular flexibility index (Phi) is 4.32. The molecular formula is C18H14N4O3S. The van der Waals surface area contributed by atoms with E-state index in [1.54, 1.807) is 12.1 Å². The summed E-state index contributed by atoms with van der Waals surface area (Å²) in [6.07, 6.45) is 0.568. The number of anilines is 1. The highest BCUT2D eigenvalue weighted by Crippen LogP contribution is 2.34. The molecule has 26 heavy (non-hydrogen) atoms. The van der Waals surface area contributed by atoms with Crippen LogP contribution in [-0.2, 0) is 0 Å². The topological polar surface area (TPSA) is 89.7 Å². The zero-order valence-electron chi connectivity index (χ0n) is 13.6. The van der Waals surface area contributed by atoms with Gasteiger partial charge in [0.2, 0.25) is 10.9 Å². The van der Waals surface area contributed by atoms with Gasteiger partial charge in [-0.05, 0) is 6.07 Å². The fraction of sp³-hybridized carbons (Fsp3) is 0.111. The lowest BCUT2D eigenvalue weighted by atomic mass is 10.0. The summed E-state index contributed by atoms with van der Waals surface area (Å²) in [4.78, 5) is 15.2. The van der Waals surface area contributed by atoms with E-state index in [0.29, 0.717) is 29.4 Å². The van der Waals surface area contributed by atoms with Crippen LogP contribution >= 0.6 is 11.3 Å². The van der Waals surface area contributed by atoms with Gasteiger partial charge in [0.15, 0.2) is 0 Å². The number of rotatable bonds is 4. The summed E-state index contributed by atoms with van der Waals surface area (Å²) in [5.74, 6) is 0.272. The lowest BCUT2D eigenvalue weighted by molar-refractivity contribution is -0.385. The van der Waals surface area contributed by atoms with Gasteiger partial charge in [0.05, 0.1) is 22.9 Å². The lowest BCUT2D eigenvalue weighted by Gasteiger charge is -2.18. The smallest absolute Gasteiger partial charge is 0.311 e. The molecule has 0 bridgehead atoms. The van der Waals surface area contributed by atoms with Crippen molar-refractivity contribution in [1.82, 2.24) is 4.98 Å². The Bertz CT molecular complexity index is 985. The molecule has 0 saturated heterocycles. The molecule has 0 unspecified atom stereocenters. The first kappa shape index (κ1) is 16.2. The SMILES string of the molecule is O=[N+]([O-])c1cccc2c1OCC/C2=N/Nc1nc(-c2ccccc2)cs1. The van der Waals surface area contributed by atoms with E-state index in [1.807, 2.05) is 35.7 Å². The number of fused-ring (bicyclic) bond motifs is 1. The number of aromatic nitrogens is 1. The summed E-state index contributed by atoms with van der Waals surface area (Å²) in [7, 11) is 0. The van der Waals surface area contributed by atoms with Gasteiger partial charge in [-0.15, -0.1) is 11.3 Å². The van der Waals surface area contributed by atoms with E-state index >= 15 is 0 Å². The summed E-state index contributed by atoms with van der Waals surface area (Å²) < 4.78 is 5.50. The molecule has 1 aliphatic heterocycles. The van der Waals surface area contributed by atoms with Crippen molar-refractivity contribution in [3.05, 3.63) is 69.6 Å². The second-order valence-electron chi connectivity index (χ2n) is 5.58. The number of nitrogens with one attached hydrogen (secondary N) is 1. The third kappa shape index (κ3) is 3.14. The number of hydrazone groups is 1. The molecular weight excluding hydrogens is 352 g/mol. The second kappa shape index (κ2) is 6.93. The number of ether oxygens (including phenoxy) is 1. The molecule has 8 heteroatoms. The van der Waals surface area contributed by atoms with Crippen molar-refractivity contribution in [1.29, 1.82) is 0 Å². The molecule has 3 aromatic rings. The summed E-state index contributed by atoms with van der Waals surface area (Å²) in [5.41, 5.74) is 6.18. The summed E-state index contributed by atoms with van der Waals surface area (Å²) in [6, 6.07) is 14.7.